The summed E-state index contributed by atoms with van der Waals surface area (Å²) in [5.41, 5.74) is 0. The van der Waals surface area contributed by atoms with E-state index in [1.165, 1.54) is 38.9 Å². The maximum Gasteiger partial charge on any atom is 0.0243 e. The lowest BCUT2D eigenvalue weighted by Crippen LogP contribution is -2.46. The van der Waals surface area contributed by atoms with E-state index < -0.39 is 0 Å². The first-order valence-electron chi connectivity index (χ1n) is 7.66. The van der Waals surface area contributed by atoms with Gasteiger partial charge in [0.05, 0.1) is 0 Å². The van der Waals surface area contributed by atoms with Gasteiger partial charge in [0.2, 0.25) is 0 Å². The summed E-state index contributed by atoms with van der Waals surface area (Å²) in [5.74, 6) is 0.732. The maximum absolute atomic E-state index is 3.70. The van der Waals surface area contributed by atoms with Gasteiger partial charge in [0.25, 0.3) is 0 Å². The first-order valence-corrected chi connectivity index (χ1v) is 7.66. The van der Waals surface area contributed by atoms with Gasteiger partial charge in [-0.3, -0.25) is 4.90 Å². The smallest absolute Gasteiger partial charge is 0.0243 e. The van der Waals surface area contributed by atoms with E-state index in [4.69, 9.17) is 0 Å². The fourth-order valence-electron chi connectivity index (χ4n) is 2.51. The standard InChI is InChI=1S/C15H33N3/c1-6-18(11-7-10-17(4)5)15(13(2)3)12-16-14-8-9-14/h13-16H,6-12H2,1-5H3. The van der Waals surface area contributed by atoms with Gasteiger partial charge in [0, 0.05) is 18.6 Å². The second kappa shape index (κ2) is 8.13. The van der Waals surface area contributed by atoms with Gasteiger partial charge in [0.15, 0.2) is 0 Å². The normalized spacial score (nSPS) is 18.0. The van der Waals surface area contributed by atoms with Crippen molar-refractivity contribution in [1.29, 1.82) is 0 Å². The highest BCUT2D eigenvalue weighted by Gasteiger charge is 2.25. The topological polar surface area (TPSA) is 18.5 Å². The summed E-state index contributed by atoms with van der Waals surface area (Å²) in [4.78, 5) is 4.93. The molecule has 1 aliphatic rings. The van der Waals surface area contributed by atoms with Crippen molar-refractivity contribution in [3.8, 4) is 0 Å². The summed E-state index contributed by atoms with van der Waals surface area (Å²) < 4.78 is 0. The van der Waals surface area contributed by atoms with E-state index in [1.54, 1.807) is 0 Å². The molecule has 0 aromatic rings. The summed E-state index contributed by atoms with van der Waals surface area (Å²) >= 11 is 0. The molecule has 1 fully saturated rings. The Morgan fingerprint density at radius 2 is 1.83 bits per heavy atom. The van der Waals surface area contributed by atoms with Crippen molar-refractivity contribution in [2.45, 2.75) is 52.1 Å². The van der Waals surface area contributed by atoms with Crippen LogP contribution in [-0.4, -0.2) is 62.2 Å². The molecule has 1 rings (SSSR count). The zero-order chi connectivity index (χ0) is 13.5. The zero-order valence-corrected chi connectivity index (χ0v) is 13.1. The Balaban J connectivity index is 2.34. The Labute approximate surface area is 114 Å². The zero-order valence-electron chi connectivity index (χ0n) is 13.1. The minimum absolute atomic E-state index is 0.692. The predicted octanol–water partition coefficient (Wildman–Crippen LogP) is 2.04. The van der Waals surface area contributed by atoms with Crippen LogP contribution in [0.1, 0.15) is 40.0 Å². The highest BCUT2D eigenvalue weighted by Crippen LogP contribution is 2.20. The van der Waals surface area contributed by atoms with Crippen molar-refractivity contribution in [3.63, 3.8) is 0 Å². The molecule has 0 saturated heterocycles. The van der Waals surface area contributed by atoms with Crippen LogP contribution < -0.4 is 5.32 Å². The average Bonchev–Trinajstić information content (AvgIpc) is 3.10. The van der Waals surface area contributed by atoms with E-state index in [1.807, 2.05) is 0 Å². The van der Waals surface area contributed by atoms with Crippen LogP contribution in [0.5, 0.6) is 0 Å². The molecule has 0 radical (unpaired) electrons. The molecular weight excluding hydrogens is 222 g/mol. The van der Waals surface area contributed by atoms with Gasteiger partial charge < -0.3 is 10.2 Å². The van der Waals surface area contributed by atoms with Crippen LogP contribution in [0.3, 0.4) is 0 Å². The molecule has 1 N–H and O–H groups in total. The third kappa shape index (κ3) is 6.17. The Bertz CT molecular complexity index is 212. The largest absolute Gasteiger partial charge is 0.312 e. The monoisotopic (exact) mass is 255 g/mol. The molecule has 1 aliphatic carbocycles. The number of hydrogen-bond acceptors (Lipinski definition) is 3. The van der Waals surface area contributed by atoms with Crippen LogP contribution in [0.4, 0.5) is 0 Å². The summed E-state index contributed by atoms with van der Waals surface area (Å²) in [7, 11) is 4.32. The van der Waals surface area contributed by atoms with E-state index in [0.717, 1.165) is 18.5 Å². The molecular formula is C15H33N3. The van der Waals surface area contributed by atoms with Crippen LogP contribution in [0.15, 0.2) is 0 Å². The number of nitrogens with one attached hydrogen (secondary N) is 1. The average molecular weight is 255 g/mol. The van der Waals surface area contributed by atoms with Gasteiger partial charge >= 0.3 is 0 Å². The molecule has 3 heteroatoms. The molecule has 0 heterocycles. The molecule has 18 heavy (non-hydrogen) atoms. The molecule has 0 aliphatic heterocycles. The van der Waals surface area contributed by atoms with Crippen LogP contribution >= 0.6 is 0 Å². The van der Waals surface area contributed by atoms with Crippen LogP contribution in [0, 0.1) is 5.92 Å². The van der Waals surface area contributed by atoms with E-state index in [2.05, 4.69) is 50.0 Å². The minimum Gasteiger partial charge on any atom is -0.312 e. The van der Waals surface area contributed by atoms with Crippen LogP contribution in [0.25, 0.3) is 0 Å². The number of hydrogen-bond donors (Lipinski definition) is 1. The first-order chi connectivity index (χ1) is 8.54. The summed E-state index contributed by atoms with van der Waals surface area (Å²) in [5, 5.41) is 3.70. The number of nitrogens with zero attached hydrogens (tertiary/aromatic N) is 2. The summed E-state index contributed by atoms with van der Waals surface area (Å²) in [6, 6.07) is 1.52. The lowest BCUT2D eigenvalue weighted by molar-refractivity contribution is 0.152. The highest BCUT2D eigenvalue weighted by molar-refractivity contribution is 4.85. The lowest BCUT2D eigenvalue weighted by Gasteiger charge is -2.34. The van der Waals surface area contributed by atoms with Crippen molar-refractivity contribution < 1.29 is 0 Å². The van der Waals surface area contributed by atoms with Crippen molar-refractivity contribution >= 4 is 0 Å². The predicted molar refractivity (Wildman–Crippen MR) is 80.1 cm³/mol. The van der Waals surface area contributed by atoms with Crippen LogP contribution in [0.2, 0.25) is 0 Å². The van der Waals surface area contributed by atoms with E-state index in [9.17, 15) is 0 Å². The van der Waals surface area contributed by atoms with Gasteiger partial charge in [-0.15, -0.1) is 0 Å². The lowest BCUT2D eigenvalue weighted by atomic mass is 10.0. The molecule has 3 nitrogen and oxygen atoms in total. The van der Waals surface area contributed by atoms with Gasteiger partial charge in [-0.25, -0.2) is 0 Å². The van der Waals surface area contributed by atoms with Crippen molar-refractivity contribution in [1.82, 2.24) is 15.1 Å². The van der Waals surface area contributed by atoms with Crippen molar-refractivity contribution in [2.75, 3.05) is 40.3 Å². The first kappa shape index (κ1) is 15.9. The van der Waals surface area contributed by atoms with Gasteiger partial charge in [0.1, 0.15) is 0 Å². The second-order valence-electron chi connectivity index (χ2n) is 6.28. The SMILES string of the molecule is CCN(CCCN(C)C)C(CNC1CC1)C(C)C. The van der Waals surface area contributed by atoms with Gasteiger partial charge in [-0.1, -0.05) is 20.8 Å². The fraction of sp³-hybridized carbons (Fsp3) is 1.00. The third-order valence-corrected chi connectivity index (χ3v) is 3.89. The Morgan fingerprint density at radius 3 is 2.28 bits per heavy atom. The quantitative estimate of drug-likeness (QED) is 0.644. The van der Waals surface area contributed by atoms with Crippen molar-refractivity contribution in [3.05, 3.63) is 0 Å². The Morgan fingerprint density at radius 1 is 1.17 bits per heavy atom. The highest BCUT2D eigenvalue weighted by atomic mass is 15.2. The van der Waals surface area contributed by atoms with Crippen LogP contribution in [-0.2, 0) is 0 Å². The third-order valence-electron chi connectivity index (χ3n) is 3.89. The van der Waals surface area contributed by atoms with Crippen molar-refractivity contribution in [2.24, 2.45) is 5.92 Å². The van der Waals surface area contributed by atoms with E-state index in [0.29, 0.717) is 6.04 Å². The molecule has 0 spiro atoms. The molecule has 1 unspecified atom stereocenters. The molecule has 108 valence electrons. The van der Waals surface area contributed by atoms with Gasteiger partial charge in [-0.2, -0.15) is 0 Å². The summed E-state index contributed by atoms with van der Waals surface area (Å²) in [6.45, 7) is 11.8. The Kier molecular flexibility index (Phi) is 7.20. The fourth-order valence-corrected chi connectivity index (χ4v) is 2.51. The molecule has 1 atom stereocenters. The summed E-state index contributed by atoms with van der Waals surface area (Å²) in [6.07, 6.45) is 4.04. The van der Waals surface area contributed by atoms with E-state index in [-0.39, 0.29) is 0 Å². The number of likely N-dealkylation sites (N-methyl/N-ethyl adjacent to an activating group) is 1. The van der Waals surface area contributed by atoms with Gasteiger partial charge in [-0.05, 0) is 58.9 Å². The maximum atomic E-state index is 3.70. The molecule has 0 amide bonds. The number of rotatable bonds is 10. The molecule has 1 saturated carbocycles. The molecule has 0 bridgehead atoms. The Hall–Kier alpha value is -0.120. The molecule has 0 aromatic heterocycles. The second-order valence-corrected chi connectivity index (χ2v) is 6.28. The van der Waals surface area contributed by atoms with E-state index >= 15 is 0 Å². The minimum atomic E-state index is 0.692. The molecule has 0 aromatic carbocycles.